The number of aryl methyl sites for hydroxylation is 1. The molecule has 0 aliphatic carbocycles. The number of rotatable bonds is 2. The van der Waals surface area contributed by atoms with Crippen LogP contribution in [0.15, 0.2) is 18.3 Å². The average Bonchev–Trinajstić information content (AvgIpc) is 2.30. The average molecular weight is 241 g/mol. The third-order valence-corrected chi connectivity index (χ3v) is 3.22. The summed E-state index contributed by atoms with van der Waals surface area (Å²) >= 11 is 5.84. The predicted octanol–water partition coefficient (Wildman–Crippen LogP) is 2.22. The second-order valence-corrected chi connectivity index (χ2v) is 4.61. The van der Waals surface area contributed by atoms with E-state index < -0.39 is 0 Å². The molecule has 2 heterocycles. The van der Waals surface area contributed by atoms with Crippen LogP contribution in [0.5, 0.6) is 0 Å². The molecule has 2 unspecified atom stereocenters. The summed E-state index contributed by atoms with van der Waals surface area (Å²) in [4.78, 5) is 6.68. The van der Waals surface area contributed by atoms with Gasteiger partial charge in [0.1, 0.15) is 5.82 Å². The molecule has 2 atom stereocenters. The van der Waals surface area contributed by atoms with Gasteiger partial charge in [-0.25, -0.2) is 4.98 Å². The monoisotopic (exact) mass is 240 g/mol. The number of hydrogen-bond acceptors (Lipinski definition) is 3. The number of hydrogen-bond donors (Lipinski definition) is 0. The van der Waals surface area contributed by atoms with Gasteiger partial charge in [-0.2, -0.15) is 0 Å². The molecular weight excluding hydrogens is 224 g/mol. The minimum Gasteiger partial charge on any atom is -0.373 e. The van der Waals surface area contributed by atoms with Crippen molar-refractivity contribution in [3.8, 4) is 0 Å². The summed E-state index contributed by atoms with van der Waals surface area (Å²) in [6.07, 6.45) is 1.96. The standard InChI is InChI=1S/C12H17ClN2O/c1-9-3-4-14-12(5-9)15-7-11(6-13)16-8-10(15)2/h3-5,10-11H,6-8H2,1-2H3. The highest BCUT2D eigenvalue weighted by molar-refractivity contribution is 6.18. The molecule has 1 aromatic rings. The van der Waals surface area contributed by atoms with Gasteiger partial charge < -0.3 is 9.64 Å². The van der Waals surface area contributed by atoms with Crippen molar-refractivity contribution in [1.82, 2.24) is 4.98 Å². The van der Waals surface area contributed by atoms with Crippen molar-refractivity contribution < 1.29 is 4.74 Å². The van der Waals surface area contributed by atoms with E-state index in [9.17, 15) is 0 Å². The second-order valence-electron chi connectivity index (χ2n) is 4.30. The summed E-state index contributed by atoms with van der Waals surface area (Å²) < 4.78 is 5.62. The summed E-state index contributed by atoms with van der Waals surface area (Å²) in [6, 6.07) is 4.47. The van der Waals surface area contributed by atoms with E-state index in [1.54, 1.807) is 0 Å². The molecule has 3 nitrogen and oxygen atoms in total. The molecule has 0 radical (unpaired) electrons. The fourth-order valence-corrected chi connectivity index (χ4v) is 2.09. The molecular formula is C12H17ClN2O. The summed E-state index contributed by atoms with van der Waals surface area (Å²) in [5.74, 6) is 1.56. The number of morpholine rings is 1. The fraction of sp³-hybridized carbons (Fsp3) is 0.583. The van der Waals surface area contributed by atoms with Crippen LogP contribution in [0.25, 0.3) is 0 Å². The lowest BCUT2D eigenvalue weighted by molar-refractivity contribution is 0.0361. The Labute approximate surface area is 101 Å². The zero-order chi connectivity index (χ0) is 11.5. The maximum absolute atomic E-state index is 5.84. The first-order valence-corrected chi connectivity index (χ1v) is 6.11. The number of ether oxygens (including phenoxy) is 1. The number of aromatic nitrogens is 1. The molecule has 1 aliphatic rings. The van der Waals surface area contributed by atoms with Crippen LogP contribution in [0.4, 0.5) is 5.82 Å². The number of anilines is 1. The van der Waals surface area contributed by atoms with Crippen LogP contribution in [0.2, 0.25) is 0 Å². The van der Waals surface area contributed by atoms with Gasteiger partial charge in [0, 0.05) is 12.7 Å². The maximum atomic E-state index is 5.84. The van der Waals surface area contributed by atoms with Gasteiger partial charge in [0.2, 0.25) is 0 Å². The van der Waals surface area contributed by atoms with E-state index in [1.165, 1.54) is 5.56 Å². The van der Waals surface area contributed by atoms with Gasteiger partial charge in [-0.15, -0.1) is 11.6 Å². The van der Waals surface area contributed by atoms with Crippen molar-refractivity contribution in [3.63, 3.8) is 0 Å². The van der Waals surface area contributed by atoms with Gasteiger partial charge in [0.25, 0.3) is 0 Å². The highest BCUT2D eigenvalue weighted by Gasteiger charge is 2.26. The molecule has 0 saturated carbocycles. The maximum Gasteiger partial charge on any atom is 0.129 e. The normalized spacial score (nSPS) is 25.8. The van der Waals surface area contributed by atoms with Gasteiger partial charge in [-0.3, -0.25) is 0 Å². The molecule has 1 fully saturated rings. The molecule has 0 spiro atoms. The van der Waals surface area contributed by atoms with Crippen molar-refractivity contribution in [2.45, 2.75) is 26.0 Å². The molecule has 0 amide bonds. The molecule has 88 valence electrons. The first kappa shape index (κ1) is 11.7. The van der Waals surface area contributed by atoms with Gasteiger partial charge >= 0.3 is 0 Å². The Morgan fingerprint density at radius 2 is 2.44 bits per heavy atom. The Morgan fingerprint density at radius 1 is 1.62 bits per heavy atom. The van der Waals surface area contributed by atoms with E-state index in [-0.39, 0.29) is 6.10 Å². The Bertz CT molecular complexity index is 359. The summed E-state index contributed by atoms with van der Waals surface area (Å²) in [5.41, 5.74) is 1.23. The van der Waals surface area contributed by atoms with Gasteiger partial charge in [-0.1, -0.05) is 0 Å². The topological polar surface area (TPSA) is 25.4 Å². The molecule has 1 saturated heterocycles. The van der Waals surface area contributed by atoms with Crippen molar-refractivity contribution >= 4 is 17.4 Å². The smallest absolute Gasteiger partial charge is 0.129 e. The number of halogens is 1. The highest BCUT2D eigenvalue weighted by atomic mass is 35.5. The van der Waals surface area contributed by atoms with Crippen molar-refractivity contribution in [1.29, 1.82) is 0 Å². The minimum absolute atomic E-state index is 0.111. The van der Waals surface area contributed by atoms with Gasteiger partial charge in [0.05, 0.1) is 24.6 Å². The Kier molecular flexibility index (Phi) is 3.66. The molecule has 0 aromatic carbocycles. The quantitative estimate of drug-likeness (QED) is 0.742. The van der Waals surface area contributed by atoms with E-state index in [0.717, 1.165) is 12.4 Å². The summed E-state index contributed by atoms with van der Waals surface area (Å²) in [6.45, 7) is 5.76. The molecule has 4 heteroatoms. The van der Waals surface area contributed by atoms with E-state index in [0.29, 0.717) is 18.5 Å². The largest absolute Gasteiger partial charge is 0.373 e. The second kappa shape index (κ2) is 5.02. The minimum atomic E-state index is 0.111. The lowest BCUT2D eigenvalue weighted by atomic mass is 10.2. The van der Waals surface area contributed by atoms with E-state index >= 15 is 0 Å². The Morgan fingerprint density at radius 3 is 3.12 bits per heavy atom. The van der Waals surface area contributed by atoms with Crippen molar-refractivity contribution in [3.05, 3.63) is 23.9 Å². The first-order valence-electron chi connectivity index (χ1n) is 5.57. The van der Waals surface area contributed by atoms with Crippen LogP contribution < -0.4 is 4.90 Å². The zero-order valence-corrected chi connectivity index (χ0v) is 10.4. The fourth-order valence-electron chi connectivity index (χ4n) is 1.91. The SMILES string of the molecule is Cc1ccnc(N2CC(CCl)OCC2C)c1. The van der Waals surface area contributed by atoms with Crippen LogP contribution in [-0.4, -0.2) is 36.2 Å². The number of alkyl halides is 1. The third-order valence-electron chi connectivity index (χ3n) is 2.87. The van der Waals surface area contributed by atoms with E-state index in [2.05, 4.69) is 29.8 Å². The predicted molar refractivity (Wildman–Crippen MR) is 66.2 cm³/mol. The van der Waals surface area contributed by atoms with Crippen LogP contribution in [0, 0.1) is 6.92 Å². The van der Waals surface area contributed by atoms with E-state index in [4.69, 9.17) is 16.3 Å². The zero-order valence-electron chi connectivity index (χ0n) is 9.69. The molecule has 1 aliphatic heterocycles. The lowest BCUT2D eigenvalue weighted by Gasteiger charge is -2.38. The summed E-state index contributed by atoms with van der Waals surface area (Å²) in [5, 5.41) is 0. The summed E-state index contributed by atoms with van der Waals surface area (Å²) in [7, 11) is 0. The first-order chi connectivity index (χ1) is 7.70. The van der Waals surface area contributed by atoms with Crippen LogP contribution in [0.1, 0.15) is 12.5 Å². The van der Waals surface area contributed by atoms with Gasteiger partial charge in [-0.05, 0) is 31.5 Å². The number of nitrogens with zero attached hydrogens (tertiary/aromatic N) is 2. The number of pyridine rings is 1. The molecule has 2 rings (SSSR count). The van der Waals surface area contributed by atoms with Crippen molar-refractivity contribution in [2.75, 3.05) is 23.9 Å². The molecule has 16 heavy (non-hydrogen) atoms. The van der Waals surface area contributed by atoms with Crippen molar-refractivity contribution in [2.24, 2.45) is 0 Å². The van der Waals surface area contributed by atoms with Crippen LogP contribution in [-0.2, 0) is 4.74 Å². The highest BCUT2D eigenvalue weighted by Crippen LogP contribution is 2.20. The Balaban J connectivity index is 2.17. The lowest BCUT2D eigenvalue weighted by Crippen LogP contribution is -2.49. The third kappa shape index (κ3) is 2.47. The Hall–Kier alpha value is -0.800. The van der Waals surface area contributed by atoms with Crippen LogP contribution in [0.3, 0.4) is 0 Å². The van der Waals surface area contributed by atoms with E-state index in [1.807, 2.05) is 12.3 Å². The molecule has 0 bridgehead atoms. The van der Waals surface area contributed by atoms with Gasteiger partial charge in [0.15, 0.2) is 0 Å². The molecule has 0 N–H and O–H groups in total. The van der Waals surface area contributed by atoms with Crippen LogP contribution >= 0.6 is 11.6 Å². The molecule has 1 aromatic heterocycles.